The molecule has 0 aromatic heterocycles. The third kappa shape index (κ3) is 4.29. The summed E-state index contributed by atoms with van der Waals surface area (Å²) in [5.41, 5.74) is 0.576. The van der Waals surface area contributed by atoms with E-state index in [1.807, 2.05) is 19.1 Å². The Morgan fingerprint density at radius 2 is 1.88 bits per heavy atom. The van der Waals surface area contributed by atoms with Crippen molar-refractivity contribution in [3.63, 3.8) is 0 Å². The highest BCUT2D eigenvalue weighted by molar-refractivity contribution is 6.04. The molecule has 1 aromatic carbocycles. The Kier molecular flexibility index (Phi) is 5.55. The molecule has 3 rings (SSSR count). The number of piperidine rings is 1. The van der Waals surface area contributed by atoms with E-state index >= 15 is 0 Å². The zero-order chi connectivity index (χ0) is 17.7. The maximum atomic E-state index is 12.4. The molecule has 0 bridgehead atoms. The molecule has 25 heavy (non-hydrogen) atoms. The number of carbonyl (C=O) groups is 2. The van der Waals surface area contributed by atoms with Gasteiger partial charge < -0.3 is 24.4 Å². The molecule has 2 amide bonds. The van der Waals surface area contributed by atoms with Crippen molar-refractivity contribution >= 4 is 17.5 Å². The lowest BCUT2D eigenvalue weighted by atomic mass is 10.0. The number of amides is 2. The molecule has 2 fully saturated rings. The zero-order valence-electron chi connectivity index (χ0n) is 14.5. The molecule has 2 heterocycles. The first-order valence-electron chi connectivity index (χ1n) is 8.69. The Balaban J connectivity index is 1.50. The van der Waals surface area contributed by atoms with Gasteiger partial charge in [0.15, 0.2) is 5.79 Å². The average Bonchev–Trinajstić information content (AvgIpc) is 3.05. The van der Waals surface area contributed by atoms with Gasteiger partial charge in [-0.25, -0.2) is 0 Å². The fourth-order valence-electron chi connectivity index (χ4n) is 3.18. The van der Waals surface area contributed by atoms with Crippen molar-refractivity contribution in [3.05, 3.63) is 24.3 Å². The molecule has 2 aliphatic heterocycles. The van der Waals surface area contributed by atoms with E-state index in [9.17, 15) is 9.59 Å². The number of ether oxygens (including phenoxy) is 3. The van der Waals surface area contributed by atoms with Crippen LogP contribution in [-0.4, -0.2) is 55.4 Å². The Morgan fingerprint density at radius 1 is 1.20 bits per heavy atom. The Hall–Kier alpha value is -2.12. The SMILES string of the molecule is CCOc1ccccc1NC(=O)CC(=O)N1CCC2(CC1)OCCO2. The largest absolute Gasteiger partial charge is 0.492 e. The second-order valence-electron chi connectivity index (χ2n) is 6.14. The number of benzene rings is 1. The normalized spacial score (nSPS) is 19.0. The minimum absolute atomic E-state index is 0.181. The first-order valence-corrected chi connectivity index (χ1v) is 8.69. The van der Waals surface area contributed by atoms with Gasteiger partial charge in [-0.15, -0.1) is 0 Å². The highest BCUT2D eigenvalue weighted by Crippen LogP contribution is 2.31. The smallest absolute Gasteiger partial charge is 0.233 e. The van der Waals surface area contributed by atoms with E-state index in [2.05, 4.69) is 5.32 Å². The van der Waals surface area contributed by atoms with Crippen LogP contribution in [0.5, 0.6) is 5.75 Å². The second kappa shape index (κ2) is 7.84. The highest BCUT2D eigenvalue weighted by Gasteiger charge is 2.40. The third-order valence-corrected chi connectivity index (χ3v) is 4.46. The van der Waals surface area contributed by atoms with Gasteiger partial charge in [-0.2, -0.15) is 0 Å². The van der Waals surface area contributed by atoms with E-state index in [0.717, 1.165) is 0 Å². The minimum atomic E-state index is -0.518. The van der Waals surface area contributed by atoms with E-state index in [4.69, 9.17) is 14.2 Å². The van der Waals surface area contributed by atoms with Crippen molar-refractivity contribution in [1.29, 1.82) is 0 Å². The molecule has 136 valence electrons. The van der Waals surface area contributed by atoms with Crippen LogP contribution >= 0.6 is 0 Å². The van der Waals surface area contributed by atoms with Gasteiger partial charge in [0.05, 0.1) is 25.5 Å². The predicted molar refractivity (Wildman–Crippen MR) is 91.3 cm³/mol. The van der Waals surface area contributed by atoms with Gasteiger partial charge in [0, 0.05) is 25.9 Å². The fourth-order valence-corrected chi connectivity index (χ4v) is 3.18. The highest BCUT2D eigenvalue weighted by atomic mass is 16.7. The standard InChI is InChI=1S/C18H24N2O5/c1-2-23-15-6-4-3-5-14(15)19-16(21)13-17(22)20-9-7-18(8-10-20)24-11-12-25-18/h3-6H,2,7-13H2,1H3,(H,19,21). The van der Waals surface area contributed by atoms with Crippen LogP contribution in [0.3, 0.4) is 0 Å². The van der Waals surface area contributed by atoms with Crippen molar-refractivity contribution in [2.45, 2.75) is 32.0 Å². The summed E-state index contributed by atoms with van der Waals surface area (Å²) in [6.07, 6.45) is 1.11. The van der Waals surface area contributed by atoms with Crippen molar-refractivity contribution in [2.24, 2.45) is 0 Å². The summed E-state index contributed by atoms with van der Waals surface area (Å²) in [6.45, 7) is 4.68. The summed E-state index contributed by atoms with van der Waals surface area (Å²) in [7, 11) is 0. The summed E-state index contributed by atoms with van der Waals surface area (Å²) in [5, 5.41) is 2.75. The molecule has 1 spiro atoms. The van der Waals surface area contributed by atoms with Crippen LogP contribution in [0.1, 0.15) is 26.2 Å². The lowest BCUT2D eigenvalue weighted by Gasteiger charge is -2.37. The summed E-state index contributed by atoms with van der Waals surface area (Å²) in [6, 6.07) is 7.19. The molecule has 0 unspecified atom stereocenters. The number of hydrogen-bond donors (Lipinski definition) is 1. The number of rotatable bonds is 5. The van der Waals surface area contributed by atoms with E-state index < -0.39 is 5.79 Å². The van der Waals surface area contributed by atoms with Crippen LogP contribution in [-0.2, 0) is 19.1 Å². The second-order valence-corrected chi connectivity index (χ2v) is 6.14. The lowest BCUT2D eigenvalue weighted by molar-refractivity contribution is -0.187. The quantitative estimate of drug-likeness (QED) is 0.821. The molecule has 7 heteroatoms. The number of hydrogen-bond acceptors (Lipinski definition) is 5. The van der Waals surface area contributed by atoms with Crippen LogP contribution in [0, 0.1) is 0 Å². The van der Waals surface area contributed by atoms with E-state index in [0.29, 0.717) is 57.2 Å². The van der Waals surface area contributed by atoms with Crippen LogP contribution in [0.2, 0.25) is 0 Å². The molecule has 0 atom stereocenters. The monoisotopic (exact) mass is 348 g/mol. The van der Waals surface area contributed by atoms with E-state index in [-0.39, 0.29) is 18.2 Å². The third-order valence-electron chi connectivity index (χ3n) is 4.46. The zero-order valence-corrected chi connectivity index (χ0v) is 14.5. The lowest BCUT2D eigenvalue weighted by Crippen LogP contribution is -2.47. The molecule has 2 aliphatic rings. The van der Waals surface area contributed by atoms with Crippen LogP contribution < -0.4 is 10.1 Å². The topological polar surface area (TPSA) is 77.1 Å². The molecule has 7 nitrogen and oxygen atoms in total. The van der Waals surface area contributed by atoms with Gasteiger partial charge >= 0.3 is 0 Å². The number of anilines is 1. The molecular formula is C18H24N2O5. The van der Waals surface area contributed by atoms with Crippen molar-refractivity contribution in [2.75, 3.05) is 38.2 Å². The molecular weight excluding hydrogens is 324 g/mol. The summed E-state index contributed by atoms with van der Waals surface area (Å²) in [4.78, 5) is 26.3. The van der Waals surface area contributed by atoms with E-state index in [1.165, 1.54) is 0 Å². The van der Waals surface area contributed by atoms with Crippen LogP contribution in [0.4, 0.5) is 5.69 Å². The molecule has 1 aromatic rings. The van der Waals surface area contributed by atoms with E-state index in [1.54, 1.807) is 17.0 Å². The summed E-state index contributed by atoms with van der Waals surface area (Å²) >= 11 is 0. The van der Waals surface area contributed by atoms with Crippen molar-refractivity contribution in [3.8, 4) is 5.75 Å². The Labute approximate surface area is 147 Å². The first kappa shape index (κ1) is 17.7. The van der Waals surface area contributed by atoms with Gasteiger partial charge in [0.25, 0.3) is 0 Å². The average molecular weight is 348 g/mol. The van der Waals surface area contributed by atoms with Crippen LogP contribution in [0.15, 0.2) is 24.3 Å². The summed E-state index contributed by atoms with van der Waals surface area (Å²) in [5.74, 6) is -0.443. The molecule has 0 radical (unpaired) electrons. The molecule has 0 saturated carbocycles. The van der Waals surface area contributed by atoms with Gasteiger partial charge in [-0.1, -0.05) is 12.1 Å². The Bertz CT molecular complexity index is 618. The number of likely N-dealkylation sites (tertiary alicyclic amines) is 1. The molecule has 2 saturated heterocycles. The van der Waals surface area contributed by atoms with Crippen molar-refractivity contribution < 1.29 is 23.8 Å². The number of nitrogens with one attached hydrogen (secondary N) is 1. The van der Waals surface area contributed by atoms with Gasteiger partial charge in [-0.3, -0.25) is 9.59 Å². The van der Waals surface area contributed by atoms with Crippen LogP contribution in [0.25, 0.3) is 0 Å². The maximum Gasteiger partial charge on any atom is 0.233 e. The first-order chi connectivity index (χ1) is 12.1. The number of nitrogens with zero attached hydrogens (tertiary/aromatic N) is 1. The molecule has 0 aliphatic carbocycles. The Morgan fingerprint density at radius 3 is 2.56 bits per heavy atom. The fraction of sp³-hybridized carbons (Fsp3) is 0.556. The van der Waals surface area contributed by atoms with Crippen molar-refractivity contribution in [1.82, 2.24) is 4.90 Å². The summed E-state index contributed by atoms with van der Waals surface area (Å²) < 4.78 is 16.8. The number of carbonyl (C=O) groups excluding carboxylic acids is 2. The molecule has 1 N–H and O–H groups in total. The predicted octanol–water partition coefficient (Wildman–Crippen LogP) is 1.78. The van der Waals surface area contributed by atoms with Gasteiger partial charge in [0.2, 0.25) is 11.8 Å². The minimum Gasteiger partial charge on any atom is -0.492 e. The number of para-hydroxylation sites is 2. The van der Waals surface area contributed by atoms with Gasteiger partial charge in [0.1, 0.15) is 12.2 Å². The maximum absolute atomic E-state index is 12.4. The van der Waals surface area contributed by atoms with Gasteiger partial charge in [-0.05, 0) is 19.1 Å².